The van der Waals surface area contributed by atoms with Crippen molar-refractivity contribution in [2.45, 2.75) is 6.92 Å². The van der Waals surface area contributed by atoms with E-state index >= 15 is 0 Å². The van der Waals surface area contributed by atoms with E-state index in [-0.39, 0.29) is 0 Å². The van der Waals surface area contributed by atoms with E-state index in [1.54, 1.807) is 12.4 Å². The monoisotopic (exact) mass is 185 g/mol. The van der Waals surface area contributed by atoms with Gasteiger partial charge in [0.15, 0.2) is 5.82 Å². The average molecular weight is 185 g/mol. The molecule has 0 amide bonds. The first kappa shape index (κ1) is 8.69. The molecule has 0 unspecified atom stereocenters. The molecular formula is C11H11N3. The molecule has 0 radical (unpaired) electrons. The fourth-order valence-electron chi connectivity index (χ4n) is 1.22. The summed E-state index contributed by atoms with van der Waals surface area (Å²) in [6, 6.07) is 5.87. The van der Waals surface area contributed by atoms with E-state index in [2.05, 4.69) is 9.98 Å². The first-order valence-corrected chi connectivity index (χ1v) is 4.49. The molecule has 0 atom stereocenters. The van der Waals surface area contributed by atoms with Crippen molar-refractivity contribution < 1.29 is 0 Å². The Morgan fingerprint density at radius 3 is 3.21 bits per heavy atom. The first-order valence-electron chi connectivity index (χ1n) is 4.49. The van der Waals surface area contributed by atoms with Crippen molar-refractivity contribution in [2.75, 3.05) is 0 Å². The van der Waals surface area contributed by atoms with Gasteiger partial charge >= 0.3 is 0 Å². The van der Waals surface area contributed by atoms with E-state index in [0.717, 1.165) is 11.5 Å². The molecule has 0 saturated carbocycles. The zero-order valence-corrected chi connectivity index (χ0v) is 7.96. The maximum absolute atomic E-state index is 4.27. The average Bonchev–Trinajstić information content (AvgIpc) is 2.63. The van der Waals surface area contributed by atoms with Crippen LogP contribution in [0.4, 0.5) is 5.82 Å². The molecule has 0 aliphatic rings. The van der Waals surface area contributed by atoms with Gasteiger partial charge in [-0.3, -0.25) is 4.40 Å². The van der Waals surface area contributed by atoms with Crippen molar-refractivity contribution in [2.24, 2.45) is 4.99 Å². The molecular weight excluding hydrogens is 174 g/mol. The first-order chi connectivity index (χ1) is 6.92. The van der Waals surface area contributed by atoms with Gasteiger partial charge in [-0.2, -0.15) is 0 Å². The van der Waals surface area contributed by atoms with Crippen molar-refractivity contribution in [3.05, 3.63) is 42.7 Å². The van der Waals surface area contributed by atoms with Gasteiger partial charge in [-0.15, -0.1) is 0 Å². The minimum absolute atomic E-state index is 0.846. The second kappa shape index (κ2) is 3.87. The van der Waals surface area contributed by atoms with Gasteiger partial charge in [0, 0.05) is 12.4 Å². The normalized spacial score (nSPS) is 12.1. The Bertz CT molecular complexity index is 480. The lowest BCUT2D eigenvalue weighted by atomic mass is 10.5. The number of rotatable bonds is 2. The molecule has 0 spiro atoms. The molecule has 2 rings (SSSR count). The van der Waals surface area contributed by atoms with Crippen LogP contribution in [0.3, 0.4) is 0 Å². The Hall–Kier alpha value is -1.90. The highest BCUT2D eigenvalue weighted by Crippen LogP contribution is 2.13. The molecule has 14 heavy (non-hydrogen) atoms. The van der Waals surface area contributed by atoms with Crippen LogP contribution in [-0.4, -0.2) is 15.6 Å². The van der Waals surface area contributed by atoms with Crippen LogP contribution < -0.4 is 0 Å². The largest absolute Gasteiger partial charge is 0.285 e. The minimum atomic E-state index is 0.846. The number of hydrogen-bond acceptors (Lipinski definition) is 2. The predicted octanol–water partition coefficient (Wildman–Crippen LogP) is 2.61. The van der Waals surface area contributed by atoms with Crippen LogP contribution in [-0.2, 0) is 0 Å². The summed E-state index contributed by atoms with van der Waals surface area (Å²) in [6.45, 7) is 1.96. The van der Waals surface area contributed by atoms with E-state index in [1.807, 2.05) is 47.9 Å². The fourth-order valence-corrected chi connectivity index (χ4v) is 1.22. The number of aromatic nitrogens is 2. The summed E-state index contributed by atoms with van der Waals surface area (Å²) in [5.41, 5.74) is 0.917. The maximum atomic E-state index is 4.27. The summed E-state index contributed by atoms with van der Waals surface area (Å²) in [4.78, 5) is 8.50. The van der Waals surface area contributed by atoms with Crippen LogP contribution in [0, 0.1) is 0 Å². The molecule has 70 valence electrons. The second-order valence-electron chi connectivity index (χ2n) is 2.85. The lowest BCUT2D eigenvalue weighted by molar-refractivity contribution is 1.17. The summed E-state index contributed by atoms with van der Waals surface area (Å²) in [5.74, 6) is 0.846. The minimum Gasteiger partial charge on any atom is -0.285 e. The number of fused-ring (bicyclic) bond motifs is 1. The summed E-state index contributed by atoms with van der Waals surface area (Å²) in [7, 11) is 0. The van der Waals surface area contributed by atoms with Crippen LogP contribution in [0.15, 0.2) is 47.7 Å². The zero-order valence-electron chi connectivity index (χ0n) is 7.96. The Morgan fingerprint density at radius 2 is 2.36 bits per heavy atom. The van der Waals surface area contributed by atoms with Crippen LogP contribution in [0.25, 0.3) is 5.65 Å². The summed E-state index contributed by atoms with van der Waals surface area (Å²) < 4.78 is 1.94. The standard InChI is InChI=1S/C11H11N3/c1-2-3-7-12-11-9-13-10-6-4-5-8-14(10)11/h2-9H,1H3/b3-2+,12-7+. The summed E-state index contributed by atoms with van der Waals surface area (Å²) in [5, 5.41) is 0. The van der Waals surface area contributed by atoms with E-state index in [9.17, 15) is 0 Å². The Morgan fingerprint density at radius 1 is 1.43 bits per heavy atom. The Labute approximate surface area is 82.4 Å². The maximum Gasteiger partial charge on any atom is 0.156 e. The smallest absolute Gasteiger partial charge is 0.156 e. The van der Waals surface area contributed by atoms with Gasteiger partial charge in [0.1, 0.15) is 5.65 Å². The molecule has 0 N–H and O–H groups in total. The lowest BCUT2D eigenvalue weighted by Crippen LogP contribution is -1.81. The number of aliphatic imine (C=N–C) groups is 1. The second-order valence-corrected chi connectivity index (χ2v) is 2.85. The third-order valence-electron chi connectivity index (χ3n) is 1.88. The van der Waals surface area contributed by atoms with E-state index in [1.165, 1.54) is 0 Å². The van der Waals surface area contributed by atoms with Crippen molar-refractivity contribution in [3.8, 4) is 0 Å². The predicted molar refractivity (Wildman–Crippen MR) is 58.2 cm³/mol. The molecule has 0 saturated heterocycles. The number of hydrogen-bond donors (Lipinski definition) is 0. The highest BCUT2D eigenvalue weighted by molar-refractivity contribution is 5.74. The molecule has 2 aromatic rings. The molecule has 0 aliphatic carbocycles. The molecule has 0 bridgehead atoms. The highest BCUT2D eigenvalue weighted by Gasteiger charge is 1.97. The lowest BCUT2D eigenvalue weighted by Gasteiger charge is -1.93. The van der Waals surface area contributed by atoms with Gasteiger partial charge in [0.25, 0.3) is 0 Å². The van der Waals surface area contributed by atoms with Gasteiger partial charge in [0.2, 0.25) is 0 Å². The Kier molecular flexibility index (Phi) is 2.40. The van der Waals surface area contributed by atoms with Crippen LogP contribution in [0.5, 0.6) is 0 Å². The molecule has 2 aromatic heterocycles. The highest BCUT2D eigenvalue weighted by atomic mass is 15.1. The molecule has 0 aliphatic heterocycles. The SMILES string of the molecule is C/C=C/C=N/c1cnc2ccccn12. The quantitative estimate of drug-likeness (QED) is 0.661. The molecule has 0 aromatic carbocycles. The van der Waals surface area contributed by atoms with Crippen LogP contribution in [0.2, 0.25) is 0 Å². The fraction of sp³-hybridized carbons (Fsp3) is 0.0909. The van der Waals surface area contributed by atoms with Crippen LogP contribution >= 0.6 is 0 Å². The van der Waals surface area contributed by atoms with Crippen molar-refractivity contribution in [1.82, 2.24) is 9.38 Å². The molecule has 3 heteroatoms. The van der Waals surface area contributed by atoms with E-state index in [0.29, 0.717) is 0 Å². The number of pyridine rings is 1. The third kappa shape index (κ3) is 1.57. The Balaban J connectivity index is 2.43. The van der Waals surface area contributed by atoms with Gasteiger partial charge in [-0.1, -0.05) is 12.1 Å². The van der Waals surface area contributed by atoms with Gasteiger partial charge in [0.05, 0.1) is 6.20 Å². The van der Waals surface area contributed by atoms with Crippen molar-refractivity contribution >= 4 is 17.7 Å². The summed E-state index contributed by atoms with van der Waals surface area (Å²) >= 11 is 0. The number of allylic oxidation sites excluding steroid dienone is 2. The van der Waals surface area contributed by atoms with Gasteiger partial charge in [-0.25, -0.2) is 9.98 Å². The molecule has 0 fully saturated rings. The van der Waals surface area contributed by atoms with E-state index in [4.69, 9.17) is 0 Å². The molecule has 2 heterocycles. The van der Waals surface area contributed by atoms with E-state index < -0.39 is 0 Å². The summed E-state index contributed by atoms with van der Waals surface area (Å²) in [6.07, 6.45) is 9.30. The zero-order chi connectivity index (χ0) is 9.80. The number of nitrogens with zero attached hydrogens (tertiary/aromatic N) is 3. The number of imidazole rings is 1. The van der Waals surface area contributed by atoms with Gasteiger partial charge < -0.3 is 0 Å². The van der Waals surface area contributed by atoms with Crippen molar-refractivity contribution in [1.29, 1.82) is 0 Å². The third-order valence-corrected chi connectivity index (χ3v) is 1.88. The molecule has 3 nitrogen and oxygen atoms in total. The van der Waals surface area contributed by atoms with Crippen LogP contribution in [0.1, 0.15) is 6.92 Å². The topological polar surface area (TPSA) is 29.7 Å². The van der Waals surface area contributed by atoms with Gasteiger partial charge in [-0.05, 0) is 25.1 Å². The van der Waals surface area contributed by atoms with Crippen molar-refractivity contribution in [3.63, 3.8) is 0 Å².